The van der Waals surface area contributed by atoms with Crippen molar-refractivity contribution in [1.82, 2.24) is 9.97 Å². The molecule has 0 saturated carbocycles. The average molecular weight is 202 g/mol. The minimum Gasteiger partial charge on any atom is -0.256 e. The fourth-order valence-electron chi connectivity index (χ4n) is 1.17. The zero-order valence-electron chi connectivity index (χ0n) is 7.84. The predicted octanol–water partition coefficient (Wildman–Crippen LogP) is 3.24. The predicted molar refractivity (Wildman–Crippen MR) is 60.1 cm³/mol. The topological polar surface area (TPSA) is 25.8 Å². The second-order valence-electron chi connectivity index (χ2n) is 2.81. The van der Waals surface area contributed by atoms with Crippen molar-refractivity contribution in [1.29, 1.82) is 0 Å². The number of pyridine rings is 1. The summed E-state index contributed by atoms with van der Waals surface area (Å²) in [7, 11) is 0. The van der Waals surface area contributed by atoms with E-state index in [4.69, 9.17) is 0 Å². The quantitative estimate of drug-likeness (QED) is 0.747. The number of rotatable bonds is 2. The van der Waals surface area contributed by atoms with E-state index in [1.165, 1.54) is 0 Å². The lowest BCUT2D eigenvalue weighted by Crippen LogP contribution is -1.81. The van der Waals surface area contributed by atoms with Crippen molar-refractivity contribution in [2.45, 2.75) is 6.92 Å². The summed E-state index contributed by atoms with van der Waals surface area (Å²) in [6.45, 7) is 1.98. The lowest BCUT2D eigenvalue weighted by Gasteiger charge is -1.96. The molecule has 0 aliphatic rings. The van der Waals surface area contributed by atoms with Crippen LogP contribution in [0.4, 0.5) is 0 Å². The third-order valence-electron chi connectivity index (χ3n) is 1.80. The summed E-state index contributed by atoms with van der Waals surface area (Å²) in [4.78, 5) is 8.53. The van der Waals surface area contributed by atoms with Crippen molar-refractivity contribution < 1.29 is 0 Å². The van der Waals surface area contributed by atoms with E-state index in [0.29, 0.717) is 0 Å². The first-order valence-electron chi connectivity index (χ1n) is 4.39. The van der Waals surface area contributed by atoms with E-state index in [2.05, 4.69) is 9.97 Å². The van der Waals surface area contributed by atoms with Crippen LogP contribution >= 0.6 is 11.3 Å². The Morgan fingerprint density at radius 3 is 2.79 bits per heavy atom. The maximum absolute atomic E-state index is 4.30. The number of thiazole rings is 1. The summed E-state index contributed by atoms with van der Waals surface area (Å²) in [5.74, 6) is 0. The van der Waals surface area contributed by atoms with Gasteiger partial charge in [-0.1, -0.05) is 6.08 Å². The maximum atomic E-state index is 4.30. The van der Waals surface area contributed by atoms with Gasteiger partial charge in [0.25, 0.3) is 0 Å². The van der Waals surface area contributed by atoms with E-state index in [0.717, 1.165) is 16.3 Å². The average Bonchev–Trinajstić information content (AvgIpc) is 2.72. The molecule has 0 fully saturated rings. The van der Waals surface area contributed by atoms with Crippen LogP contribution in [-0.2, 0) is 0 Å². The van der Waals surface area contributed by atoms with Crippen molar-refractivity contribution in [3.63, 3.8) is 0 Å². The highest BCUT2D eigenvalue weighted by Gasteiger charge is 1.99. The number of allylic oxidation sites excluding steroid dienone is 1. The highest BCUT2D eigenvalue weighted by Crippen LogP contribution is 2.20. The van der Waals surface area contributed by atoms with Crippen LogP contribution in [0, 0.1) is 0 Å². The van der Waals surface area contributed by atoms with Crippen LogP contribution in [0.2, 0.25) is 0 Å². The van der Waals surface area contributed by atoms with Gasteiger partial charge in [-0.15, -0.1) is 11.3 Å². The summed E-state index contributed by atoms with van der Waals surface area (Å²) < 4.78 is 0. The summed E-state index contributed by atoms with van der Waals surface area (Å²) in [6.07, 6.45) is 7.62. The molecule has 0 bridgehead atoms. The molecule has 0 radical (unpaired) electrons. The highest BCUT2D eigenvalue weighted by atomic mass is 32.1. The molecule has 0 spiro atoms. The molecule has 0 unspecified atom stereocenters. The van der Waals surface area contributed by atoms with Gasteiger partial charge in [-0.2, -0.15) is 0 Å². The van der Waals surface area contributed by atoms with E-state index in [-0.39, 0.29) is 0 Å². The van der Waals surface area contributed by atoms with Crippen molar-refractivity contribution in [3.05, 3.63) is 41.7 Å². The van der Waals surface area contributed by atoms with Crippen molar-refractivity contribution in [3.8, 4) is 10.6 Å². The smallest absolute Gasteiger partial charge is 0.124 e. The molecule has 2 heterocycles. The first kappa shape index (κ1) is 9.09. The normalized spacial score (nSPS) is 10.9. The summed E-state index contributed by atoms with van der Waals surface area (Å²) in [5, 5.41) is 2.99. The summed E-state index contributed by atoms with van der Waals surface area (Å²) in [6, 6.07) is 4.04. The number of hydrogen-bond acceptors (Lipinski definition) is 3. The monoisotopic (exact) mass is 202 g/mol. The SMILES string of the molecule is C/C=C\c1ccc(-c2nccs2)cn1. The second-order valence-corrected chi connectivity index (χ2v) is 3.70. The van der Waals surface area contributed by atoms with Crippen LogP contribution < -0.4 is 0 Å². The fourth-order valence-corrected chi connectivity index (χ4v) is 1.80. The third kappa shape index (κ3) is 1.88. The van der Waals surface area contributed by atoms with Crippen LogP contribution in [0.15, 0.2) is 36.0 Å². The van der Waals surface area contributed by atoms with Gasteiger partial charge < -0.3 is 0 Å². The molecular formula is C11H10N2S. The number of hydrogen-bond donors (Lipinski definition) is 0. The van der Waals surface area contributed by atoms with E-state index >= 15 is 0 Å². The van der Waals surface area contributed by atoms with Gasteiger partial charge in [0.05, 0.1) is 5.69 Å². The van der Waals surface area contributed by atoms with Crippen molar-refractivity contribution >= 4 is 17.4 Å². The lowest BCUT2D eigenvalue weighted by atomic mass is 10.2. The van der Waals surface area contributed by atoms with Gasteiger partial charge in [-0.05, 0) is 25.1 Å². The van der Waals surface area contributed by atoms with Gasteiger partial charge in [-0.3, -0.25) is 4.98 Å². The van der Waals surface area contributed by atoms with Gasteiger partial charge in [0.15, 0.2) is 0 Å². The van der Waals surface area contributed by atoms with Crippen LogP contribution in [0.1, 0.15) is 12.6 Å². The Hall–Kier alpha value is -1.48. The Labute approximate surface area is 87.0 Å². The van der Waals surface area contributed by atoms with Gasteiger partial charge in [0.2, 0.25) is 0 Å². The fraction of sp³-hybridized carbons (Fsp3) is 0.0909. The highest BCUT2D eigenvalue weighted by molar-refractivity contribution is 7.13. The standard InChI is InChI=1S/C11H10N2S/c1-2-3-10-5-4-9(8-13-10)11-12-6-7-14-11/h2-8H,1H3/b3-2-. The van der Waals surface area contributed by atoms with Gasteiger partial charge in [-0.25, -0.2) is 4.98 Å². The van der Waals surface area contributed by atoms with Crippen LogP contribution in [0.3, 0.4) is 0 Å². The molecule has 0 N–H and O–H groups in total. The number of aromatic nitrogens is 2. The summed E-state index contributed by atoms with van der Waals surface area (Å²) >= 11 is 1.63. The van der Waals surface area contributed by atoms with E-state index in [1.54, 1.807) is 17.5 Å². The zero-order chi connectivity index (χ0) is 9.80. The Balaban J connectivity index is 2.31. The Morgan fingerprint density at radius 2 is 2.21 bits per heavy atom. The summed E-state index contributed by atoms with van der Waals surface area (Å²) in [5.41, 5.74) is 2.06. The molecule has 70 valence electrons. The number of nitrogens with zero attached hydrogens (tertiary/aromatic N) is 2. The minimum absolute atomic E-state index is 0.979. The molecule has 2 rings (SSSR count). The first-order valence-corrected chi connectivity index (χ1v) is 5.27. The first-order chi connectivity index (χ1) is 6.90. The Morgan fingerprint density at radius 1 is 1.29 bits per heavy atom. The van der Waals surface area contributed by atoms with Gasteiger partial charge in [0.1, 0.15) is 5.01 Å². The molecular weight excluding hydrogens is 192 g/mol. The largest absolute Gasteiger partial charge is 0.256 e. The van der Waals surface area contributed by atoms with Crippen LogP contribution in [0.5, 0.6) is 0 Å². The molecule has 3 heteroatoms. The lowest BCUT2D eigenvalue weighted by molar-refractivity contribution is 1.28. The molecule has 0 amide bonds. The third-order valence-corrected chi connectivity index (χ3v) is 2.63. The molecule has 2 aromatic heterocycles. The van der Waals surface area contributed by atoms with E-state index in [9.17, 15) is 0 Å². The minimum atomic E-state index is 0.979. The van der Waals surface area contributed by atoms with Crippen molar-refractivity contribution in [2.24, 2.45) is 0 Å². The second kappa shape index (κ2) is 4.15. The van der Waals surface area contributed by atoms with E-state index in [1.807, 2.05) is 42.8 Å². The molecule has 0 aliphatic carbocycles. The van der Waals surface area contributed by atoms with Crippen LogP contribution in [-0.4, -0.2) is 9.97 Å². The molecule has 2 nitrogen and oxygen atoms in total. The van der Waals surface area contributed by atoms with Gasteiger partial charge in [0, 0.05) is 23.3 Å². The molecule has 0 atom stereocenters. The molecule has 0 saturated heterocycles. The molecule has 2 aromatic rings. The molecule has 0 aromatic carbocycles. The Kier molecular flexibility index (Phi) is 2.70. The van der Waals surface area contributed by atoms with Gasteiger partial charge >= 0.3 is 0 Å². The maximum Gasteiger partial charge on any atom is 0.124 e. The van der Waals surface area contributed by atoms with E-state index < -0.39 is 0 Å². The van der Waals surface area contributed by atoms with Crippen LogP contribution in [0.25, 0.3) is 16.6 Å². The Bertz CT molecular complexity index is 415. The molecule has 0 aliphatic heterocycles. The molecule has 14 heavy (non-hydrogen) atoms. The van der Waals surface area contributed by atoms with Crippen molar-refractivity contribution in [2.75, 3.05) is 0 Å². The zero-order valence-corrected chi connectivity index (χ0v) is 8.66.